The maximum Gasteiger partial charge on any atom is 0.218 e. The Hall–Kier alpha value is -2.63. The van der Waals surface area contributed by atoms with Gasteiger partial charge in [0.2, 0.25) is 11.8 Å². The van der Waals surface area contributed by atoms with Gasteiger partial charge in [0.1, 0.15) is 6.61 Å². The van der Waals surface area contributed by atoms with Crippen molar-refractivity contribution < 1.29 is 9.53 Å². The predicted octanol–water partition coefficient (Wildman–Crippen LogP) is 4.00. The standard InChI is InChI=1S/C22H24ClN3O2/c1-15-7-8-21-18(11-15)12-19(13-24-9-10-25-16(2)27)22(26-21)28-14-17-5-3-4-6-20(17)23/h3-8,11-12,24H,9-10,13-14H2,1-2H3,(H,25,27). The number of nitrogens with one attached hydrogen (secondary N) is 2. The number of rotatable bonds is 8. The fourth-order valence-electron chi connectivity index (χ4n) is 2.89. The summed E-state index contributed by atoms with van der Waals surface area (Å²) < 4.78 is 6.03. The Balaban J connectivity index is 1.78. The van der Waals surface area contributed by atoms with Gasteiger partial charge in [-0.15, -0.1) is 0 Å². The van der Waals surface area contributed by atoms with Crippen LogP contribution in [0, 0.1) is 6.92 Å². The van der Waals surface area contributed by atoms with Crippen molar-refractivity contribution in [2.24, 2.45) is 0 Å². The molecule has 0 unspecified atom stereocenters. The highest BCUT2D eigenvalue weighted by molar-refractivity contribution is 6.31. The molecule has 2 aromatic carbocycles. The lowest BCUT2D eigenvalue weighted by Crippen LogP contribution is -2.30. The molecular formula is C22H24ClN3O2. The summed E-state index contributed by atoms with van der Waals surface area (Å²) in [7, 11) is 0. The Morgan fingerprint density at radius 2 is 1.93 bits per heavy atom. The van der Waals surface area contributed by atoms with E-state index in [9.17, 15) is 4.79 Å². The monoisotopic (exact) mass is 397 g/mol. The van der Waals surface area contributed by atoms with Crippen LogP contribution in [0.5, 0.6) is 5.88 Å². The van der Waals surface area contributed by atoms with Gasteiger partial charge in [-0.05, 0) is 31.2 Å². The third kappa shape index (κ3) is 5.44. The Bertz CT molecular complexity index is 975. The molecule has 28 heavy (non-hydrogen) atoms. The second-order valence-corrected chi connectivity index (χ2v) is 7.10. The number of carbonyl (C=O) groups is 1. The number of ether oxygens (including phenoxy) is 1. The summed E-state index contributed by atoms with van der Waals surface area (Å²) >= 11 is 6.24. The highest BCUT2D eigenvalue weighted by Gasteiger charge is 2.10. The Kier molecular flexibility index (Phi) is 6.85. The fourth-order valence-corrected chi connectivity index (χ4v) is 3.08. The van der Waals surface area contributed by atoms with Gasteiger partial charge in [-0.25, -0.2) is 4.98 Å². The smallest absolute Gasteiger partial charge is 0.218 e. The SMILES string of the molecule is CC(=O)NCCNCc1cc2cc(C)ccc2nc1OCc1ccccc1Cl. The lowest BCUT2D eigenvalue weighted by atomic mass is 10.1. The lowest BCUT2D eigenvalue weighted by Gasteiger charge is -2.14. The summed E-state index contributed by atoms with van der Waals surface area (Å²) in [6, 6.07) is 15.9. The van der Waals surface area contributed by atoms with Crippen molar-refractivity contribution in [3.63, 3.8) is 0 Å². The largest absolute Gasteiger partial charge is 0.472 e. The number of aryl methyl sites for hydroxylation is 1. The van der Waals surface area contributed by atoms with Crippen LogP contribution in [0.2, 0.25) is 5.02 Å². The number of aromatic nitrogens is 1. The van der Waals surface area contributed by atoms with E-state index in [0.717, 1.165) is 22.0 Å². The highest BCUT2D eigenvalue weighted by atomic mass is 35.5. The van der Waals surface area contributed by atoms with E-state index in [-0.39, 0.29) is 5.91 Å². The molecule has 0 saturated carbocycles. The third-order valence-electron chi connectivity index (χ3n) is 4.32. The summed E-state index contributed by atoms with van der Waals surface area (Å²) in [5, 5.41) is 7.85. The molecule has 0 aliphatic heterocycles. The van der Waals surface area contributed by atoms with Crippen molar-refractivity contribution in [1.29, 1.82) is 0 Å². The first-order chi connectivity index (χ1) is 13.5. The van der Waals surface area contributed by atoms with E-state index >= 15 is 0 Å². The zero-order valence-corrected chi connectivity index (χ0v) is 16.8. The number of carbonyl (C=O) groups excluding carboxylic acids is 1. The van der Waals surface area contributed by atoms with Crippen molar-refractivity contribution in [3.05, 3.63) is 70.2 Å². The number of halogens is 1. The molecule has 0 radical (unpaired) electrons. The number of benzene rings is 2. The Morgan fingerprint density at radius 1 is 1.11 bits per heavy atom. The van der Waals surface area contributed by atoms with E-state index < -0.39 is 0 Å². The average molecular weight is 398 g/mol. The lowest BCUT2D eigenvalue weighted by molar-refractivity contribution is -0.118. The van der Waals surface area contributed by atoms with E-state index in [0.29, 0.717) is 37.1 Å². The molecule has 146 valence electrons. The third-order valence-corrected chi connectivity index (χ3v) is 4.69. The number of fused-ring (bicyclic) bond motifs is 1. The van der Waals surface area contributed by atoms with Crippen molar-refractivity contribution in [1.82, 2.24) is 15.6 Å². The van der Waals surface area contributed by atoms with Gasteiger partial charge < -0.3 is 15.4 Å². The van der Waals surface area contributed by atoms with E-state index in [2.05, 4.69) is 29.7 Å². The van der Waals surface area contributed by atoms with Crippen LogP contribution in [0.1, 0.15) is 23.6 Å². The van der Waals surface area contributed by atoms with Crippen LogP contribution in [0.4, 0.5) is 0 Å². The zero-order valence-electron chi connectivity index (χ0n) is 16.1. The molecule has 6 heteroatoms. The Labute approximate surface area is 170 Å². The van der Waals surface area contributed by atoms with Gasteiger partial charge in [0, 0.05) is 48.1 Å². The maximum absolute atomic E-state index is 11.0. The van der Waals surface area contributed by atoms with Crippen LogP contribution in [-0.2, 0) is 17.9 Å². The van der Waals surface area contributed by atoms with Gasteiger partial charge in [0.05, 0.1) is 5.52 Å². The fraction of sp³-hybridized carbons (Fsp3) is 0.273. The van der Waals surface area contributed by atoms with Crippen LogP contribution in [-0.4, -0.2) is 24.0 Å². The highest BCUT2D eigenvalue weighted by Crippen LogP contribution is 2.25. The number of hydrogen-bond acceptors (Lipinski definition) is 4. The van der Waals surface area contributed by atoms with Gasteiger partial charge in [-0.3, -0.25) is 4.79 Å². The molecular weight excluding hydrogens is 374 g/mol. The van der Waals surface area contributed by atoms with Crippen molar-refractivity contribution in [2.45, 2.75) is 27.0 Å². The molecule has 0 fully saturated rings. The molecule has 0 saturated heterocycles. The van der Waals surface area contributed by atoms with Gasteiger partial charge in [0.15, 0.2) is 0 Å². The molecule has 1 amide bonds. The molecule has 3 rings (SSSR count). The normalized spacial score (nSPS) is 10.8. The first kappa shape index (κ1) is 20.1. The number of pyridine rings is 1. The maximum atomic E-state index is 11.0. The van der Waals surface area contributed by atoms with Crippen LogP contribution in [0.3, 0.4) is 0 Å². The summed E-state index contributed by atoms with van der Waals surface area (Å²) in [5.74, 6) is 0.553. The molecule has 0 bridgehead atoms. The summed E-state index contributed by atoms with van der Waals surface area (Å²) in [6.45, 7) is 5.75. The van der Waals surface area contributed by atoms with Crippen LogP contribution < -0.4 is 15.4 Å². The van der Waals surface area contributed by atoms with Crippen molar-refractivity contribution in [3.8, 4) is 5.88 Å². The van der Waals surface area contributed by atoms with E-state index in [1.54, 1.807) is 0 Å². The van der Waals surface area contributed by atoms with Crippen LogP contribution in [0.25, 0.3) is 10.9 Å². The molecule has 3 aromatic rings. The predicted molar refractivity (Wildman–Crippen MR) is 113 cm³/mol. The minimum absolute atomic E-state index is 0.0339. The van der Waals surface area contributed by atoms with Gasteiger partial charge in [-0.1, -0.05) is 41.4 Å². The molecule has 0 aliphatic carbocycles. The number of amides is 1. The van der Waals surface area contributed by atoms with E-state index in [1.807, 2.05) is 36.4 Å². The topological polar surface area (TPSA) is 63.2 Å². The van der Waals surface area contributed by atoms with E-state index in [4.69, 9.17) is 21.3 Å². The zero-order chi connectivity index (χ0) is 19.9. The summed E-state index contributed by atoms with van der Waals surface area (Å²) in [6.07, 6.45) is 0. The van der Waals surface area contributed by atoms with Gasteiger partial charge in [-0.2, -0.15) is 0 Å². The first-order valence-electron chi connectivity index (χ1n) is 9.24. The summed E-state index contributed by atoms with van der Waals surface area (Å²) in [5.41, 5.74) is 3.96. The Morgan fingerprint density at radius 3 is 2.71 bits per heavy atom. The van der Waals surface area contributed by atoms with Crippen molar-refractivity contribution in [2.75, 3.05) is 13.1 Å². The number of hydrogen-bond donors (Lipinski definition) is 2. The van der Waals surface area contributed by atoms with Crippen molar-refractivity contribution >= 4 is 28.4 Å². The first-order valence-corrected chi connectivity index (χ1v) is 9.62. The van der Waals surface area contributed by atoms with Gasteiger partial charge in [0.25, 0.3) is 0 Å². The molecule has 5 nitrogen and oxygen atoms in total. The summed E-state index contributed by atoms with van der Waals surface area (Å²) in [4.78, 5) is 15.7. The molecule has 1 heterocycles. The molecule has 0 spiro atoms. The van der Waals surface area contributed by atoms with Gasteiger partial charge >= 0.3 is 0 Å². The molecule has 0 aliphatic rings. The molecule has 1 aromatic heterocycles. The van der Waals surface area contributed by atoms with E-state index in [1.165, 1.54) is 12.5 Å². The minimum Gasteiger partial charge on any atom is -0.472 e. The quantitative estimate of drug-likeness (QED) is 0.564. The molecule has 2 N–H and O–H groups in total. The second kappa shape index (κ2) is 9.53. The minimum atomic E-state index is -0.0339. The number of nitrogens with zero attached hydrogens (tertiary/aromatic N) is 1. The molecule has 0 atom stereocenters. The average Bonchev–Trinajstić information content (AvgIpc) is 2.66. The van der Waals surface area contributed by atoms with Crippen LogP contribution >= 0.6 is 11.6 Å². The van der Waals surface area contributed by atoms with Crippen LogP contribution in [0.15, 0.2) is 48.5 Å². The second-order valence-electron chi connectivity index (χ2n) is 6.69.